The van der Waals surface area contributed by atoms with Gasteiger partial charge >= 0.3 is 0 Å². The van der Waals surface area contributed by atoms with Crippen molar-refractivity contribution < 1.29 is 0 Å². The lowest BCUT2D eigenvalue weighted by Gasteiger charge is -2.40. The molecule has 6 aromatic carbocycles. The van der Waals surface area contributed by atoms with E-state index in [9.17, 15) is 0 Å². The van der Waals surface area contributed by atoms with Gasteiger partial charge in [0.25, 0.3) is 6.71 Å². The van der Waals surface area contributed by atoms with Crippen molar-refractivity contribution in [2.45, 2.75) is 9.79 Å². The molecule has 0 amide bonds. The number of fused-ring (bicyclic) bond motifs is 10. The zero-order valence-electron chi connectivity index (χ0n) is 21.8. The fourth-order valence-electron chi connectivity index (χ4n) is 9.01. The van der Waals surface area contributed by atoms with E-state index in [1.165, 1.54) is 97.6 Å². The molecule has 0 unspecified atom stereocenters. The lowest BCUT2D eigenvalue weighted by Crippen LogP contribution is -2.66. The van der Waals surface area contributed by atoms with Gasteiger partial charge in [0, 0.05) is 59.3 Å². The van der Waals surface area contributed by atoms with Crippen LogP contribution < -0.4 is 32.8 Å². The first-order valence-corrected chi connectivity index (χ1v) is 15.3. The van der Waals surface area contributed by atoms with Gasteiger partial charge in [-0.15, -0.1) is 0 Å². The van der Waals surface area contributed by atoms with E-state index in [0.717, 1.165) is 0 Å². The smallest absolute Gasteiger partial charge is 0.252 e. The Morgan fingerprint density at radius 3 is 1.78 bits per heavy atom. The van der Waals surface area contributed by atoms with Crippen LogP contribution in [-0.2, 0) is 0 Å². The van der Waals surface area contributed by atoms with Gasteiger partial charge in [0.05, 0.1) is 5.52 Å². The molecular formula is C36H18B2N2S. The molecule has 12 rings (SSSR count). The lowest BCUT2D eigenvalue weighted by molar-refractivity contribution is 1.13. The highest BCUT2D eigenvalue weighted by Crippen LogP contribution is 2.43. The molecule has 5 heteroatoms. The summed E-state index contributed by atoms with van der Waals surface area (Å²) < 4.78 is 5.26. The minimum atomic E-state index is 0.204. The monoisotopic (exact) mass is 532 g/mol. The molecule has 0 spiro atoms. The third kappa shape index (κ3) is 2.03. The number of aromatic nitrogens is 2. The molecule has 2 aromatic heterocycles. The molecule has 0 fully saturated rings. The summed E-state index contributed by atoms with van der Waals surface area (Å²) in [5.41, 5.74) is 17.0. The second-order valence-corrected chi connectivity index (χ2v) is 13.1. The molecule has 0 radical (unpaired) electrons. The normalized spacial score (nSPS) is 14.6. The van der Waals surface area contributed by atoms with Crippen molar-refractivity contribution in [2.24, 2.45) is 0 Å². The van der Waals surface area contributed by atoms with E-state index in [-0.39, 0.29) is 13.4 Å². The minimum Gasteiger partial charge on any atom is -0.311 e. The van der Waals surface area contributed by atoms with Crippen LogP contribution in [0.2, 0.25) is 0 Å². The standard InChI is InChI=1S/C36H18B2N2S/c1-3-16-27-19(8-1)20-9-5-13-24-33(20)39(27)28-18-30-32-36-31(28)38(24)26-15-7-11-22-21-10-6-14-25(34(21)40(36)35(22)26)37(32)23-12-2-4-17-29(23)41-30/h1-18H. The molecule has 4 aliphatic rings. The van der Waals surface area contributed by atoms with Crippen molar-refractivity contribution in [3.63, 3.8) is 0 Å². The van der Waals surface area contributed by atoms with Gasteiger partial charge in [-0.25, -0.2) is 0 Å². The van der Waals surface area contributed by atoms with E-state index >= 15 is 0 Å². The maximum Gasteiger partial charge on any atom is 0.252 e. The van der Waals surface area contributed by atoms with Crippen molar-refractivity contribution in [2.75, 3.05) is 0 Å². The van der Waals surface area contributed by atoms with E-state index in [4.69, 9.17) is 0 Å². The van der Waals surface area contributed by atoms with Gasteiger partial charge in [0.2, 0.25) is 6.71 Å². The summed E-state index contributed by atoms with van der Waals surface area (Å²) in [5.74, 6) is 0. The number of nitrogens with zero attached hydrogens (tertiary/aromatic N) is 2. The van der Waals surface area contributed by atoms with E-state index in [0.29, 0.717) is 0 Å². The summed E-state index contributed by atoms with van der Waals surface area (Å²) in [6.07, 6.45) is 0. The van der Waals surface area contributed by atoms with Crippen molar-refractivity contribution in [3.05, 3.63) is 109 Å². The summed E-state index contributed by atoms with van der Waals surface area (Å²) in [6.45, 7) is 0.444. The topological polar surface area (TPSA) is 9.86 Å². The van der Waals surface area contributed by atoms with Crippen LogP contribution in [0.3, 0.4) is 0 Å². The molecule has 0 bridgehead atoms. The zero-order valence-corrected chi connectivity index (χ0v) is 22.7. The van der Waals surface area contributed by atoms with E-state index in [1.807, 2.05) is 11.8 Å². The average Bonchev–Trinajstić information content (AvgIpc) is 3.55. The van der Waals surface area contributed by atoms with Gasteiger partial charge in [-0.2, -0.15) is 0 Å². The second-order valence-electron chi connectivity index (χ2n) is 12.0. The molecule has 0 N–H and O–H groups in total. The number of hydrogen-bond acceptors (Lipinski definition) is 1. The maximum atomic E-state index is 2.67. The van der Waals surface area contributed by atoms with Gasteiger partial charge < -0.3 is 9.13 Å². The highest BCUT2D eigenvalue weighted by Gasteiger charge is 2.47. The molecule has 6 heterocycles. The third-order valence-electron chi connectivity index (χ3n) is 10.3. The van der Waals surface area contributed by atoms with Crippen molar-refractivity contribution >= 4 is 102 Å². The van der Waals surface area contributed by atoms with Gasteiger partial charge in [-0.05, 0) is 45.5 Å². The van der Waals surface area contributed by atoms with Crippen LogP contribution in [-0.4, -0.2) is 22.6 Å². The predicted molar refractivity (Wildman–Crippen MR) is 175 cm³/mol. The van der Waals surface area contributed by atoms with Gasteiger partial charge in [0.15, 0.2) is 0 Å². The Morgan fingerprint density at radius 1 is 0.463 bits per heavy atom. The average molecular weight is 532 g/mol. The van der Waals surface area contributed by atoms with Gasteiger partial charge in [0.1, 0.15) is 0 Å². The van der Waals surface area contributed by atoms with Crippen LogP contribution in [0.5, 0.6) is 0 Å². The van der Waals surface area contributed by atoms with Crippen molar-refractivity contribution in [1.82, 2.24) is 9.13 Å². The maximum absolute atomic E-state index is 2.67. The molecule has 41 heavy (non-hydrogen) atoms. The quantitative estimate of drug-likeness (QED) is 0.265. The molecule has 4 aliphatic heterocycles. The van der Waals surface area contributed by atoms with Gasteiger partial charge in [-0.1, -0.05) is 108 Å². The fourth-order valence-corrected chi connectivity index (χ4v) is 10.2. The van der Waals surface area contributed by atoms with E-state index in [1.54, 1.807) is 0 Å². The Morgan fingerprint density at radius 2 is 1.02 bits per heavy atom. The largest absolute Gasteiger partial charge is 0.311 e. The SMILES string of the molecule is c1ccc2c(c1)Sc1cc3c4c5c1B2c1cccc2c6cccc(c6n-5c12)B4c1cccc2c4ccccc4n-3c12. The third-order valence-corrected chi connectivity index (χ3v) is 11.5. The molecule has 0 saturated carbocycles. The fraction of sp³-hybridized carbons (Fsp3) is 0. The first-order valence-electron chi connectivity index (χ1n) is 14.4. The van der Waals surface area contributed by atoms with Gasteiger partial charge in [-0.3, -0.25) is 0 Å². The molecule has 2 nitrogen and oxygen atoms in total. The van der Waals surface area contributed by atoms with E-state index in [2.05, 4.69) is 118 Å². The van der Waals surface area contributed by atoms with Crippen molar-refractivity contribution in [1.29, 1.82) is 0 Å². The summed E-state index contributed by atoms with van der Waals surface area (Å²) >= 11 is 1.96. The van der Waals surface area contributed by atoms with Crippen molar-refractivity contribution in [3.8, 4) is 11.4 Å². The Hall–Kier alpha value is -4.60. The Labute approximate surface area is 240 Å². The number of benzene rings is 6. The van der Waals surface area contributed by atoms with Crippen LogP contribution in [0.15, 0.2) is 119 Å². The second kappa shape index (κ2) is 6.48. The molecule has 184 valence electrons. The highest BCUT2D eigenvalue weighted by atomic mass is 32.2. The molecule has 0 saturated heterocycles. The molecular weight excluding hydrogens is 514 g/mol. The minimum absolute atomic E-state index is 0.204. The first-order chi connectivity index (χ1) is 20.4. The molecule has 0 atom stereocenters. The molecule has 0 aliphatic carbocycles. The summed E-state index contributed by atoms with van der Waals surface area (Å²) in [7, 11) is 0. The lowest BCUT2D eigenvalue weighted by atomic mass is 9.30. The van der Waals surface area contributed by atoms with Crippen LogP contribution in [0.4, 0.5) is 0 Å². The summed E-state index contributed by atoms with van der Waals surface area (Å²) in [5, 5.41) is 5.44. The first kappa shape index (κ1) is 20.3. The Kier molecular flexibility index (Phi) is 3.21. The summed E-state index contributed by atoms with van der Waals surface area (Å²) in [6, 6.07) is 41.6. The Balaban J connectivity index is 1.40. The zero-order chi connectivity index (χ0) is 26.1. The molecule has 8 aromatic rings. The highest BCUT2D eigenvalue weighted by molar-refractivity contribution is 8.00. The van der Waals surface area contributed by atoms with E-state index < -0.39 is 0 Å². The van der Waals surface area contributed by atoms with Crippen LogP contribution >= 0.6 is 11.8 Å². The number of rotatable bonds is 0. The van der Waals surface area contributed by atoms with Crippen LogP contribution in [0.25, 0.3) is 55.0 Å². The van der Waals surface area contributed by atoms with Crippen LogP contribution in [0, 0.1) is 0 Å². The Bertz CT molecular complexity index is 2590. The number of para-hydroxylation sites is 4. The number of hydrogen-bond donors (Lipinski definition) is 0. The van der Waals surface area contributed by atoms with Crippen LogP contribution in [0.1, 0.15) is 0 Å². The summed E-state index contributed by atoms with van der Waals surface area (Å²) in [4.78, 5) is 2.78. The predicted octanol–water partition coefficient (Wildman–Crippen LogP) is 4.32.